The molecular weight excluding hydrogens is 296 g/mol. The Balaban J connectivity index is 3.12. The van der Waals surface area contributed by atoms with Gasteiger partial charge in [-0.05, 0) is 58.7 Å². The van der Waals surface area contributed by atoms with Crippen LogP contribution in [0.15, 0.2) is 16.6 Å². The van der Waals surface area contributed by atoms with E-state index in [2.05, 4.69) is 49.8 Å². The van der Waals surface area contributed by atoms with Gasteiger partial charge in [0.1, 0.15) is 5.75 Å². The van der Waals surface area contributed by atoms with E-state index in [-0.39, 0.29) is 10.8 Å². The van der Waals surface area contributed by atoms with Crippen LogP contribution in [0.25, 0.3) is 0 Å². The van der Waals surface area contributed by atoms with Crippen LogP contribution < -0.4 is 4.43 Å². The van der Waals surface area contributed by atoms with E-state index >= 15 is 0 Å². The third-order valence-electron chi connectivity index (χ3n) is 3.34. The standard InChI is InChI=1S/C13H21BrO2Si/c1-9-7-10(14)12(15)11(8-9)16-17(5,6)13(2,3)4/h7-8,15H,1-6H3. The smallest absolute Gasteiger partial charge is 0.250 e. The molecule has 0 aliphatic carbocycles. The average molecular weight is 317 g/mol. The number of aromatic hydroxyl groups is 1. The molecule has 0 amide bonds. The Kier molecular flexibility index (Phi) is 3.99. The van der Waals surface area contributed by atoms with E-state index in [0.717, 1.165) is 5.56 Å². The maximum absolute atomic E-state index is 10.0. The van der Waals surface area contributed by atoms with Gasteiger partial charge in [0, 0.05) is 0 Å². The largest absolute Gasteiger partial charge is 0.541 e. The first kappa shape index (κ1) is 14.6. The predicted octanol–water partition coefficient (Wildman–Crippen LogP) is 4.85. The van der Waals surface area contributed by atoms with Gasteiger partial charge >= 0.3 is 0 Å². The van der Waals surface area contributed by atoms with Crippen LogP contribution in [-0.2, 0) is 0 Å². The molecule has 1 aromatic carbocycles. The Morgan fingerprint density at radius 2 is 1.76 bits per heavy atom. The number of halogens is 1. The topological polar surface area (TPSA) is 29.5 Å². The van der Waals surface area contributed by atoms with Gasteiger partial charge in [0.15, 0.2) is 5.75 Å². The maximum Gasteiger partial charge on any atom is 0.250 e. The van der Waals surface area contributed by atoms with Gasteiger partial charge in [0.05, 0.1) is 4.47 Å². The van der Waals surface area contributed by atoms with Gasteiger partial charge in [0.2, 0.25) is 0 Å². The molecule has 0 radical (unpaired) electrons. The Hall–Kier alpha value is -0.483. The van der Waals surface area contributed by atoms with Gasteiger partial charge in [-0.1, -0.05) is 20.8 Å². The van der Waals surface area contributed by atoms with Crippen molar-refractivity contribution in [1.82, 2.24) is 0 Å². The minimum Gasteiger partial charge on any atom is -0.541 e. The van der Waals surface area contributed by atoms with Crippen molar-refractivity contribution in [3.05, 3.63) is 22.2 Å². The summed E-state index contributed by atoms with van der Waals surface area (Å²) in [5, 5.41) is 10.1. The molecule has 0 heterocycles. The summed E-state index contributed by atoms with van der Waals surface area (Å²) in [6, 6.07) is 3.77. The highest BCUT2D eigenvalue weighted by molar-refractivity contribution is 9.10. The second-order valence-corrected chi connectivity index (χ2v) is 11.5. The highest BCUT2D eigenvalue weighted by Gasteiger charge is 2.39. The van der Waals surface area contributed by atoms with Gasteiger partial charge < -0.3 is 9.53 Å². The quantitative estimate of drug-likeness (QED) is 0.790. The summed E-state index contributed by atoms with van der Waals surface area (Å²) >= 11 is 3.34. The highest BCUT2D eigenvalue weighted by Crippen LogP contribution is 2.42. The van der Waals surface area contributed by atoms with Crippen molar-refractivity contribution in [3.63, 3.8) is 0 Å². The maximum atomic E-state index is 10.0. The number of phenols is 1. The van der Waals surface area contributed by atoms with Gasteiger partial charge in [-0.2, -0.15) is 0 Å². The molecule has 0 saturated heterocycles. The normalized spacial score (nSPS) is 12.6. The average Bonchev–Trinajstić information content (AvgIpc) is 2.11. The van der Waals surface area contributed by atoms with E-state index in [1.165, 1.54) is 0 Å². The summed E-state index contributed by atoms with van der Waals surface area (Å²) < 4.78 is 6.80. The lowest BCUT2D eigenvalue weighted by Crippen LogP contribution is -2.43. The van der Waals surface area contributed by atoms with E-state index in [1.54, 1.807) is 0 Å². The molecule has 0 aliphatic rings. The number of phenolic OH excluding ortho intramolecular Hbond substituents is 1. The Morgan fingerprint density at radius 1 is 1.24 bits per heavy atom. The monoisotopic (exact) mass is 316 g/mol. The first-order chi connectivity index (χ1) is 7.54. The molecule has 0 unspecified atom stereocenters. The molecule has 96 valence electrons. The van der Waals surface area contributed by atoms with Crippen molar-refractivity contribution in [2.75, 3.05) is 0 Å². The molecule has 0 spiro atoms. The molecule has 0 fully saturated rings. The molecule has 0 atom stereocenters. The lowest BCUT2D eigenvalue weighted by Gasteiger charge is -2.36. The second-order valence-electron chi connectivity index (χ2n) is 5.96. The molecule has 17 heavy (non-hydrogen) atoms. The number of hydrogen-bond donors (Lipinski definition) is 1. The van der Waals surface area contributed by atoms with Crippen LogP contribution in [0.5, 0.6) is 11.5 Å². The number of hydrogen-bond acceptors (Lipinski definition) is 2. The van der Waals surface area contributed by atoms with Crippen molar-refractivity contribution < 1.29 is 9.53 Å². The Morgan fingerprint density at radius 3 is 2.24 bits per heavy atom. The molecule has 2 nitrogen and oxygen atoms in total. The minimum absolute atomic E-state index is 0.121. The number of rotatable bonds is 2. The molecule has 4 heteroatoms. The fourth-order valence-corrected chi connectivity index (χ4v) is 2.78. The lowest BCUT2D eigenvalue weighted by atomic mass is 10.2. The van der Waals surface area contributed by atoms with E-state index in [9.17, 15) is 5.11 Å². The number of aryl methyl sites for hydroxylation is 1. The summed E-state index contributed by atoms with van der Waals surface area (Å²) in [6.45, 7) is 12.9. The van der Waals surface area contributed by atoms with Crippen LogP contribution in [0.4, 0.5) is 0 Å². The summed E-state index contributed by atoms with van der Waals surface area (Å²) in [4.78, 5) is 0. The second kappa shape index (κ2) is 4.65. The molecule has 0 bridgehead atoms. The van der Waals surface area contributed by atoms with Crippen LogP contribution in [0.3, 0.4) is 0 Å². The minimum atomic E-state index is -1.90. The van der Waals surface area contributed by atoms with Crippen LogP contribution >= 0.6 is 15.9 Å². The highest BCUT2D eigenvalue weighted by atomic mass is 79.9. The van der Waals surface area contributed by atoms with E-state index in [4.69, 9.17) is 4.43 Å². The zero-order valence-electron chi connectivity index (χ0n) is 11.4. The van der Waals surface area contributed by atoms with E-state index in [0.29, 0.717) is 10.2 Å². The van der Waals surface area contributed by atoms with Gasteiger partial charge in [-0.15, -0.1) is 0 Å². The van der Waals surface area contributed by atoms with Gasteiger partial charge in [-0.25, -0.2) is 0 Å². The zero-order valence-corrected chi connectivity index (χ0v) is 14.0. The molecule has 1 rings (SSSR count). The molecule has 1 N–H and O–H groups in total. The predicted molar refractivity (Wildman–Crippen MR) is 78.4 cm³/mol. The third-order valence-corrected chi connectivity index (χ3v) is 8.29. The summed E-state index contributed by atoms with van der Waals surface area (Å²) in [5.74, 6) is 0.781. The van der Waals surface area contributed by atoms with Crippen LogP contribution in [0, 0.1) is 6.92 Å². The third kappa shape index (κ3) is 3.25. The summed E-state index contributed by atoms with van der Waals surface area (Å²) in [6.07, 6.45) is 0. The molecule has 0 aromatic heterocycles. The van der Waals surface area contributed by atoms with Crippen LogP contribution in [-0.4, -0.2) is 13.4 Å². The fraction of sp³-hybridized carbons (Fsp3) is 0.538. The van der Waals surface area contributed by atoms with Crippen molar-refractivity contribution in [3.8, 4) is 11.5 Å². The van der Waals surface area contributed by atoms with Crippen molar-refractivity contribution in [1.29, 1.82) is 0 Å². The van der Waals surface area contributed by atoms with Gasteiger partial charge in [0.25, 0.3) is 8.32 Å². The molecule has 1 aromatic rings. The Bertz CT molecular complexity index is 422. The fourth-order valence-electron chi connectivity index (χ4n) is 1.21. The summed E-state index contributed by atoms with van der Waals surface area (Å²) in [7, 11) is -1.90. The molecule has 0 aliphatic heterocycles. The first-order valence-corrected chi connectivity index (χ1v) is 9.43. The molecular formula is C13H21BrO2Si. The van der Waals surface area contributed by atoms with Crippen molar-refractivity contribution >= 4 is 24.2 Å². The van der Waals surface area contributed by atoms with E-state index in [1.807, 2.05) is 19.1 Å². The summed E-state index contributed by atoms with van der Waals surface area (Å²) in [5.41, 5.74) is 1.07. The van der Waals surface area contributed by atoms with E-state index < -0.39 is 8.32 Å². The van der Waals surface area contributed by atoms with Crippen LogP contribution in [0.1, 0.15) is 26.3 Å². The van der Waals surface area contributed by atoms with Gasteiger partial charge in [-0.3, -0.25) is 0 Å². The molecule has 0 saturated carbocycles. The SMILES string of the molecule is Cc1cc(Br)c(O)c(O[Si](C)(C)C(C)(C)C)c1. The van der Waals surface area contributed by atoms with Crippen molar-refractivity contribution in [2.24, 2.45) is 0 Å². The van der Waals surface area contributed by atoms with Crippen LogP contribution in [0.2, 0.25) is 18.1 Å². The lowest BCUT2D eigenvalue weighted by molar-refractivity contribution is 0.419. The number of benzene rings is 1. The van der Waals surface area contributed by atoms with Crippen molar-refractivity contribution in [2.45, 2.75) is 45.8 Å². The first-order valence-electron chi connectivity index (χ1n) is 5.73. The Labute approximate surface area is 113 Å². The zero-order chi connectivity index (χ0) is 13.4.